The summed E-state index contributed by atoms with van der Waals surface area (Å²) in [5.41, 5.74) is 1.82. The van der Waals surface area contributed by atoms with E-state index in [4.69, 9.17) is 4.74 Å². The van der Waals surface area contributed by atoms with Crippen molar-refractivity contribution in [3.05, 3.63) is 65.5 Å². The molecule has 0 aromatic heterocycles. The normalized spacial score (nSPS) is 16.3. The largest absolute Gasteiger partial charge is 0.489 e. The van der Waals surface area contributed by atoms with E-state index < -0.39 is 6.04 Å². The second-order valence-corrected chi connectivity index (χ2v) is 12.7. The van der Waals surface area contributed by atoms with E-state index in [1.165, 1.54) is 25.0 Å². The lowest BCUT2D eigenvalue weighted by atomic mass is 9.94. The van der Waals surface area contributed by atoms with Gasteiger partial charge in [0.2, 0.25) is 11.8 Å². The molecule has 1 aliphatic carbocycles. The van der Waals surface area contributed by atoms with E-state index >= 15 is 0 Å². The molecule has 5 atom stereocenters. The summed E-state index contributed by atoms with van der Waals surface area (Å²) >= 11 is 0. The maximum atomic E-state index is 13.5. The Morgan fingerprint density at radius 3 is 2.34 bits per heavy atom. The summed E-state index contributed by atoms with van der Waals surface area (Å²) in [6.07, 6.45) is 6.62. The third-order valence-electron chi connectivity index (χ3n) is 8.52. The van der Waals surface area contributed by atoms with Crippen molar-refractivity contribution >= 4 is 17.6 Å². The molecule has 44 heavy (non-hydrogen) atoms. The van der Waals surface area contributed by atoms with E-state index in [1.54, 1.807) is 19.1 Å². The quantitative estimate of drug-likeness (QED) is 0.165. The van der Waals surface area contributed by atoms with E-state index in [9.17, 15) is 18.8 Å². The molecular weight excluding hydrogens is 557 g/mol. The predicted octanol–water partition coefficient (Wildman–Crippen LogP) is 5.79. The van der Waals surface area contributed by atoms with Crippen molar-refractivity contribution in [2.24, 2.45) is 17.8 Å². The molecule has 2 aromatic carbocycles. The zero-order valence-corrected chi connectivity index (χ0v) is 27.2. The predicted molar refractivity (Wildman–Crippen MR) is 173 cm³/mol. The number of hydrogen-bond acceptors (Lipinski definition) is 5. The van der Waals surface area contributed by atoms with Gasteiger partial charge in [0.1, 0.15) is 29.5 Å². The molecule has 2 amide bonds. The summed E-state index contributed by atoms with van der Waals surface area (Å²) < 4.78 is 19.7. The third kappa shape index (κ3) is 12.4. The van der Waals surface area contributed by atoms with Crippen LogP contribution in [-0.2, 0) is 27.2 Å². The molecule has 0 saturated heterocycles. The Morgan fingerprint density at radius 1 is 0.977 bits per heavy atom. The molecule has 0 heterocycles. The van der Waals surface area contributed by atoms with Crippen molar-refractivity contribution in [1.82, 2.24) is 16.0 Å². The highest BCUT2D eigenvalue weighted by Gasteiger charge is 2.28. The lowest BCUT2D eigenvalue weighted by molar-refractivity contribution is -0.131. The number of ketones is 1. The first-order valence-electron chi connectivity index (χ1n) is 16.4. The van der Waals surface area contributed by atoms with Crippen LogP contribution >= 0.6 is 0 Å². The highest BCUT2D eigenvalue weighted by atomic mass is 19.1. The lowest BCUT2D eigenvalue weighted by Crippen LogP contribution is -2.49. The fourth-order valence-electron chi connectivity index (χ4n) is 5.34. The lowest BCUT2D eigenvalue weighted by Gasteiger charge is -2.22. The molecule has 5 unspecified atom stereocenters. The zero-order chi connectivity index (χ0) is 32.1. The maximum Gasteiger partial charge on any atom is 0.242 e. The molecule has 0 spiro atoms. The van der Waals surface area contributed by atoms with Gasteiger partial charge in [0.25, 0.3) is 0 Å². The minimum absolute atomic E-state index is 0.115. The molecule has 3 N–H and O–H groups in total. The van der Waals surface area contributed by atoms with E-state index in [1.807, 2.05) is 38.1 Å². The minimum atomic E-state index is -0.755. The smallest absolute Gasteiger partial charge is 0.242 e. The van der Waals surface area contributed by atoms with Gasteiger partial charge in [0, 0.05) is 25.4 Å². The summed E-state index contributed by atoms with van der Waals surface area (Å²) in [6, 6.07) is 13.0. The van der Waals surface area contributed by atoms with Crippen LogP contribution in [0.25, 0.3) is 0 Å². The maximum absolute atomic E-state index is 13.5. The summed E-state index contributed by atoms with van der Waals surface area (Å²) in [7, 11) is 0. The molecule has 3 rings (SSSR count). The fraction of sp³-hybridized carbons (Fsp3) is 0.583. The van der Waals surface area contributed by atoms with E-state index in [0.29, 0.717) is 37.8 Å². The first-order valence-corrected chi connectivity index (χ1v) is 16.4. The SMILES string of the molecule is CCC(C)CC(C)C(=O)NC(Cc1ccc(F)cc1)C(=O)NCCCc1ccccc1OC(C)CNC(CC1CC1)C(C)=O. The van der Waals surface area contributed by atoms with Crippen molar-refractivity contribution in [2.45, 2.75) is 104 Å². The number of rotatable bonds is 20. The standard InChI is InChI=1S/C36H52FN3O4/c1-6-24(2)20-25(3)35(42)40-33(22-29-15-17-31(37)18-16-29)36(43)38-19-9-11-30-10-7-8-12-34(30)44-26(4)23-39-32(27(5)41)21-28-13-14-28/h7-8,10,12,15-18,24-26,28,32-33,39H,6,9,11,13-14,19-23H2,1-5H3,(H,38,43)(H,40,42). The number of amides is 2. The molecule has 2 aromatic rings. The van der Waals surface area contributed by atoms with Gasteiger partial charge in [-0.05, 0) is 80.7 Å². The first kappa shape index (κ1) is 35.2. The number of para-hydroxylation sites is 1. The van der Waals surface area contributed by atoms with Gasteiger partial charge in [-0.25, -0.2) is 4.39 Å². The van der Waals surface area contributed by atoms with Crippen molar-refractivity contribution in [3.8, 4) is 5.75 Å². The minimum Gasteiger partial charge on any atom is -0.489 e. The fourth-order valence-corrected chi connectivity index (χ4v) is 5.34. The Morgan fingerprint density at radius 2 is 1.68 bits per heavy atom. The van der Waals surface area contributed by atoms with Crippen molar-refractivity contribution in [3.63, 3.8) is 0 Å². The van der Waals surface area contributed by atoms with Crippen LogP contribution in [0.5, 0.6) is 5.75 Å². The van der Waals surface area contributed by atoms with Gasteiger partial charge in [0.15, 0.2) is 0 Å². The third-order valence-corrected chi connectivity index (χ3v) is 8.52. The van der Waals surface area contributed by atoms with Crippen LogP contribution in [0.15, 0.2) is 48.5 Å². The average Bonchev–Trinajstić information content (AvgIpc) is 3.82. The second-order valence-electron chi connectivity index (χ2n) is 12.7. The molecule has 0 aliphatic heterocycles. The van der Waals surface area contributed by atoms with Gasteiger partial charge < -0.3 is 20.7 Å². The van der Waals surface area contributed by atoms with Crippen LogP contribution < -0.4 is 20.7 Å². The number of hydrogen-bond donors (Lipinski definition) is 3. The number of benzene rings is 2. The van der Waals surface area contributed by atoms with Crippen molar-refractivity contribution in [1.29, 1.82) is 0 Å². The van der Waals surface area contributed by atoms with Crippen LogP contribution in [0.3, 0.4) is 0 Å². The number of nitrogens with one attached hydrogen (secondary N) is 3. The van der Waals surface area contributed by atoms with Crippen LogP contribution in [0.4, 0.5) is 4.39 Å². The Bertz CT molecular complexity index is 1200. The molecule has 1 saturated carbocycles. The van der Waals surface area contributed by atoms with Crippen LogP contribution in [-0.4, -0.2) is 48.9 Å². The van der Waals surface area contributed by atoms with Gasteiger partial charge in [-0.15, -0.1) is 0 Å². The van der Waals surface area contributed by atoms with E-state index in [-0.39, 0.29) is 47.9 Å². The molecule has 0 radical (unpaired) electrons. The first-order chi connectivity index (χ1) is 21.0. The van der Waals surface area contributed by atoms with Crippen LogP contribution in [0, 0.1) is 23.6 Å². The van der Waals surface area contributed by atoms with E-state index in [2.05, 4.69) is 29.8 Å². The number of carbonyl (C=O) groups excluding carboxylic acids is 3. The van der Waals surface area contributed by atoms with Crippen molar-refractivity contribution < 1.29 is 23.5 Å². The molecule has 1 fully saturated rings. The molecule has 0 bridgehead atoms. The number of aryl methyl sites for hydroxylation is 1. The Hall–Kier alpha value is -3.26. The van der Waals surface area contributed by atoms with E-state index in [0.717, 1.165) is 36.1 Å². The summed E-state index contributed by atoms with van der Waals surface area (Å²) in [4.78, 5) is 38.3. The monoisotopic (exact) mass is 609 g/mol. The second kappa shape index (κ2) is 17.9. The Balaban J connectivity index is 1.52. The van der Waals surface area contributed by atoms with Gasteiger partial charge in [-0.1, -0.05) is 70.4 Å². The number of Topliss-reactive ketones (excluding diaryl/α,β-unsaturated/α-hetero) is 1. The van der Waals surface area contributed by atoms with Gasteiger partial charge in [0.05, 0.1) is 6.04 Å². The highest BCUT2D eigenvalue weighted by molar-refractivity contribution is 5.88. The van der Waals surface area contributed by atoms with Crippen LogP contribution in [0.2, 0.25) is 0 Å². The average molecular weight is 610 g/mol. The zero-order valence-electron chi connectivity index (χ0n) is 27.2. The Kier molecular flexibility index (Phi) is 14.3. The molecule has 242 valence electrons. The molecule has 1 aliphatic rings. The molecule has 8 heteroatoms. The van der Waals surface area contributed by atoms with Gasteiger partial charge in [-0.3, -0.25) is 14.4 Å². The van der Waals surface area contributed by atoms with Gasteiger partial charge in [-0.2, -0.15) is 0 Å². The summed E-state index contributed by atoms with van der Waals surface area (Å²) in [5.74, 6) is 1.09. The molecular formula is C36H52FN3O4. The topological polar surface area (TPSA) is 96.5 Å². The van der Waals surface area contributed by atoms with Crippen molar-refractivity contribution in [2.75, 3.05) is 13.1 Å². The summed E-state index contributed by atoms with van der Waals surface area (Å²) in [5, 5.41) is 9.33. The Labute approximate surface area is 263 Å². The summed E-state index contributed by atoms with van der Waals surface area (Å²) in [6.45, 7) is 10.8. The van der Waals surface area contributed by atoms with Crippen LogP contribution in [0.1, 0.15) is 84.3 Å². The van der Waals surface area contributed by atoms with Gasteiger partial charge >= 0.3 is 0 Å². The number of ether oxygens (including phenoxy) is 1. The highest BCUT2D eigenvalue weighted by Crippen LogP contribution is 2.33. The number of halogens is 1. The number of carbonyl (C=O) groups is 3. The molecule has 7 nitrogen and oxygen atoms in total.